The van der Waals surface area contributed by atoms with Gasteiger partial charge in [0, 0.05) is 5.56 Å². The molecular formula is C26H28O. The number of rotatable bonds is 2. The zero-order chi connectivity index (χ0) is 18.3. The highest BCUT2D eigenvalue weighted by atomic mass is 16.3. The molecule has 4 aliphatic rings. The second-order valence-electron chi connectivity index (χ2n) is 9.07. The molecule has 4 aliphatic carbocycles. The van der Waals surface area contributed by atoms with Crippen LogP contribution >= 0.6 is 0 Å². The van der Waals surface area contributed by atoms with E-state index < -0.39 is 0 Å². The third-order valence-corrected chi connectivity index (χ3v) is 7.16. The molecule has 0 atom stereocenters. The Morgan fingerprint density at radius 2 is 1.15 bits per heavy atom. The second-order valence-corrected chi connectivity index (χ2v) is 9.07. The lowest BCUT2D eigenvalue weighted by molar-refractivity contribution is -0.00611. The summed E-state index contributed by atoms with van der Waals surface area (Å²) in [7, 11) is 0. The van der Waals surface area contributed by atoms with E-state index in [0.717, 1.165) is 17.8 Å². The van der Waals surface area contributed by atoms with Crippen molar-refractivity contribution in [3.05, 3.63) is 78.4 Å². The quantitative estimate of drug-likeness (QED) is 0.638. The Bertz CT molecular complexity index is 836. The third-order valence-electron chi connectivity index (χ3n) is 7.16. The molecule has 1 nitrogen and oxygen atoms in total. The highest BCUT2D eigenvalue weighted by Crippen LogP contribution is 2.62. The van der Waals surface area contributed by atoms with Gasteiger partial charge in [-0.1, -0.05) is 60.7 Å². The summed E-state index contributed by atoms with van der Waals surface area (Å²) >= 11 is 0. The monoisotopic (exact) mass is 356 g/mol. The van der Waals surface area contributed by atoms with E-state index in [0.29, 0.717) is 5.75 Å². The van der Waals surface area contributed by atoms with Crippen molar-refractivity contribution in [1.82, 2.24) is 0 Å². The van der Waals surface area contributed by atoms with Crippen LogP contribution in [0.4, 0.5) is 0 Å². The maximum Gasteiger partial charge on any atom is 0.119 e. The molecule has 0 radical (unpaired) electrons. The van der Waals surface area contributed by atoms with E-state index in [2.05, 4.69) is 48.5 Å². The molecule has 138 valence electrons. The second kappa shape index (κ2) is 6.71. The van der Waals surface area contributed by atoms with Crippen LogP contribution in [-0.4, -0.2) is 5.11 Å². The SMILES string of the molecule is Oc1ccc(-c2ccccccccc2)cc1C12CC3CC(CC(C3)C1)C2. The van der Waals surface area contributed by atoms with Crippen LogP contribution in [-0.2, 0) is 5.41 Å². The van der Waals surface area contributed by atoms with E-state index in [1.54, 1.807) is 0 Å². The van der Waals surface area contributed by atoms with E-state index in [-0.39, 0.29) is 5.41 Å². The first-order valence-corrected chi connectivity index (χ1v) is 10.4. The Balaban J connectivity index is 1.59. The van der Waals surface area contributed by atoms with Crippen molar-refractivity contribution in [2.75, 3.05) is 0 Å². The Hall–Kier alpha value is -2.28. The molecular weight excluding hydrogens is 328 g/mol. The maximum atomic E-state index is 10.8. The van der Waals surface area contributed by atoms with Crippen LogP contribution in [0.5, 0.6) is 5.75 Å². The summed E-state index contributed by atoms with van der Waals surface area (Å²) in [5.41, 5.74) is 3.83. The molecule has 4 saturated carbocycles. The topological polar surface area (TPSA) is 20.2 Å². The molecule has 2 aromatic rings. The smallest absolute Gasteiger partial charge is 0.119 e. The molecule has 0 unspecified atom stereocenters. The number of aromatic hydroxyl groups is 1. The summed E-state index contributed by atoms with van der Waals surface area (Å²) in [6, 6.07) is 25.0. The lowest BCUT2D eigenvalue weighted by Crippen LogP contribution is -2.48. The standard InChI is InChI=1S/C26H28O/c27-25-11-10-23(22-8-6-4-2-1-3-5-7-9-22)15-24(25)26-16-19-12-20(17-26)14-21(13-19)18-26/h1-11,15,19-21,27H,12-14,16-18H2. The lowest BCUT2D eigenvalue weighted by atomic mass is 9.48. The lowest BCUT2D eigenvalue weighted by Gasteiger charge is -2.57. The molecule has 0 heterocycles. The zero-order valence-corrected chi connectivity index (χ0v) is 15.9. The zero-order valence-electron chi connectivity index (χ0n) is 15.9. The van der Waals surface area contributed by atoms with Crippen LogP contribution in [0, 0.1) is 17.8 Å². The normalized spacial score (nSPS) is 30.7. The molecule has 0 amide bonds. The van der Waals surface area contributed by atoms with Gasteiger partial charge in [0.05, 0.1) is 0 Å². The molecule has 0 spiro atoms. The molecule has 0 aromatic heterocycles. The van der Waals surface area contributed by atoms with E-state index in [1.807, 2.05) is 24.3 Å². The molecule has 27 heavy (non-hydrogen) atoms. The van der Waals surface area contributed by atoms with Gasteiger partial charge in [0.25, 0.3) is 0 Å². The average molecular weight is 357 g/mol. The average Bonchev–Trinajstić information content (AvgIpc) is 2.65. The van der Waals surface area contributed by atoms with Crippen molar-refractivity contribution in [3.63, 3.8) is 0 Å². The first kappa shape index (κ1) is 16.9. The van der Waals surface area contributed by atoms with Crippen LogP contribution < -0.4 is 0 Å². The highest BCUT2D eigenvalue weighted by Gasteiger charge is 2.52. The van der Waals surface area contributed by atoms with Crippen molar-refractivity contribution in [3.8, 4) is 16.9 Å². The van der Waals surface area contributed by atoms with Crippen LogP contribution in [0.1, 0.15) is 44.1 Å². The summed E-state index contributed by atoms with van der Waals surface area (Å²) in [5, 5.41) is 10.8. The molecule has 1 heteroatoms. The Morgan fingerprint density at radius 1 is 0.630 bits per heavy atom. The summed E-state index contributed by atoms with van der Waals surface area (Å²) < 4.78 is 0. The minimum Gasteiger partial charge on any atom is -0.508 e. The van der Waals surface area contributed by atoms with Gasteiger partial charge in [-0.3, -0.25) is 0 Å². The van der Waals surface area contributed by atoms with Gasteiger partial charge in [0.15, 0.2) is 0 Å². The van der Waals surface area contributed by atoms with Crippen molar-refractivity contribution >= 4 is 0 Å². The van der Waals surface area contributed by atoms with Crippen molar-refractivity contribution in [2.45, 2.75) is 43.9 Å². The van der Waals surface area contributed by atoms with Gasteiger partial charge in [-0.05, 0) is 85.0 Å². The van der Waals surface area contributed by atoms with Gasteiger partial charge in [0.2, 0.25) is 0 Å². The first-order chi connectivity index (χ1) is 13.2. The Kier molecular flexibility index (Phi) is 4.19. The summed E-state index contributed by atoms with van der Waals surface area (Å²) in [4.78, 5) is 0. The summed E-state index contributed by atoms with van der Waals surface area (Å²) in [5.74, 6) is 3.15. The number of hydrogen-bond acceptors (Lipinski definition) is 1. The van der Waals surface area contributed by atoms with E-state index in [4.69, 9.17) is 0 Å². The van der Waals surface area contributed by atoms with Crippen LogP contribution in [0.25, 0.3) is 11.1 Å². The van der Waals surface area contributed by atoms with Crippen LogP contribution in [0.3, 0.4) is 0 Å². The van der Waals surface area contributed by atoms with Gasteiger partial charge in [-0.15, -0.1) is 0 Å². The Morgan fingerprint density at radius 3 is 1.70 bits per heavy atom. The molecule has 0 saturated heterocycles. The van der Waals surface area contributed by atoms with Crippen LogP contribution in [0.15, 0.2) is 72.8 Å². The predicted molar refractivity (Wildman–Crippen MR) is 111 cm³/mol. The number of hydrogen-bond donors (Lipinski definition) is 1. The van der Waals surface area contributed by atoms with E-state index in [1.165, 1.54) is 55.2 Å². The maximum absolute atomic E-state index is 10.8. The fraction of sp³-hybridized carbons (Fsp3) is 0.385. The van der Waals surface area contributed by atoms with E-state index >= 15 is 0 Å². The van der Waals surface area contributed by atoms with Crippen molar-refractivity contribution in [1.29, 1.82) is 0 Å². The minimum absolute atomic E-state index is 0.216. The predicted octanol–water partition coefficient (Wildman–Crippen LogP) is 6.65. The molecule has 1 N–H and O–H groups in total. The minimum atomic E-state index is 0.216. The highest BCUT2D eigenvalue weighted by molar-refractivity contribution is 5.66. The van der Waals surface area contributed by atoms with Gasteiger partial charge >= 0.3 is 0 Å². The van der Waals surface area contributed by atoms with Gasteiger partial charge in [-0.25, -0.2) is 0 Å². The fourth-order valence-corrected chi connectivity index (χ4v) is 6.47. The Labute approximate surface area is 162 Å². The number of benzene rings is 1. The molecule has 4 fully saturated rings. The largest absolute Gasteiger partial charge is 0.508 e. The van der Waals surface area contributed by atoms with Crippen LogP contribution in [0.2, 0.25) is 0 Å². The number of phenols is 1. The van der Waals surface area contributed by atoms with Crippen molar-refractivity contribution in [2.24, 2.45) is 17.8 Å². The van der Waals surface area contributed by atoms with Gasteiger partial charge in [0.1, 0.15) is 5.75 Å². The van der Waals surface area contributed by atoms with Gasteiger partial charge in [-0.2, -0.15) is 0 Å². The molecule has 0 aliphatic heterocycles. The molecule has 6 rings (SSSR count). The van der Waals surface area contributed by atoms with Crippen molar-refractivity contribution < 1.29 is 5.11 Å². The van der Waals surface area contributed by atoms with Gasteiger partial charge < -0.3 is 5.11 Å². The summed E-state index contributed by atoms with van der Waals surface area (Å²) in [6.07, 6.45) is 8.11. The fourth-order valence-electron chi connectivity index (χ4n) is 6.47. The molecule has 2 aromatic carbocycles. The summed E-state index contributed by atoms with van der Waals surface area (Å²) in [6.45, 7) is 0. The molecule has 4 bridgehead atoms. The third kappa shape index (κ3) is 3.14. The van der Waals surface area contributed by atoms with E-state index in [9.17, 15) is 5.11 Å². The number of phenolic OH excluding ortho intramolecular Hbond substituents is 1. The first-order valence-electron chi connectivity index (χ1n) is 10.4.